The van der Waals surface area contributed by atoms with Crippen molar-refractivity contribution in [3.63, 3.8) is 0 Å². The normalized spacial score (nSPS) is 15.2. The third-order valence-corrected chi connectivity index (χ3v) is 2.91. The Kier molecular flexibility index (Phi) is 9.14. The number of nitrogens with zero attached hydrogens (tertiary/aromatic N) is 3. The lowest BCUT2D eigenvalue weighted by atomic mass is 10.3. The van der Waals surface area contributed by atoms with Gasteiger partial charge in [0.25, 0.3) is 0 Å². The van der Waals surface area contributed by atoms with Gasteiger partial charge in [0.1, 0.15) is 5.75 Å². The molecule has 1 heterocycles. The maximum absolute atomic E-state index is 12.2. The highest BCUT2D eigenvalue weighted by atomic mass is 35.5. The minimum absolute atomic E-state index is 0. The number of guanidine groups is 2. The van der Waals surface area contributed by atoms with Crippen LogP contribution in [0.5, 0.6) is 5.75 Å². The zero-order chi connectivity index (χ0) is 16.9. The number of benzene rings is 1. The Morgan fingerprint density at radius 2 is 1.88 bits per heavy atom. The van der Waals surface area contributed by atoms with Crippen molar-refractivity contribution in [2.45, 2.75) is 12.8 Å². The number of halogens is 5. The third-order valence-electron chi connectivity index (χ3n) is 2.91. The molecule has 0 saturated carbocycles. The lowest BCUT2D eigenvalue weighted by Crippen LogP contribution is -2.40. The van der Waals surface area contributed by atoms with E-state index >= 15 is 0 Å². The average molecular weight is 400 g/mol. The van der Waals surface area contributed by atoms with Crippen LogP contribution in [0.15, 0.2) is 46.4 Å². The van der Waals surface area contributed by atoms with E-state index < -0.39 is 6.36 Å². The largest absolute Gasteiger partial charge is 0.573 e. The van der Waals surface area contributed by atoms with Crippen LogP contribution in [-0.4, -0.2) is 36.3 Å². The van der Waals surface area contributed by atoms with Gasteiger partial charge in [-0.15, -0.1) is 38.0 Å². The first-order valence-electron chi connectivity index (χ1n) is 6.77. The summed E-state index contributed by atoms with van der Waals surface area (Å²) in [5, 5.41) is 0. The first-order valence-corrected chi connectivity index (χ1v) is 6.77. The Hall–Kier alpha value is -2.13. The summed E-state index contributed by atoms with van der Waals surface area (Å²) < 4.78 is 40.4. The van der Waals surface area contributed by atoms with Crippen molar-refractivity contribution in [1.29, 1.82) is 0 Å². The highest BCUT2D eigenvalue weighted by Crippen LogP contribution is 2.26. The smallest absolute Gasteiger partial charge is 0.406 e. The highest BCUT2D eigenvalue weighted by Gasteiger charge is 2.31. The molecule has 4 N–H and O–H groups in total. The van der Waals surface area contributed by atoms with Crippen molar-refractivity contribution in [1.82, 2.24) is 4.90 Å². The predicted octanol–water partition coefficient (Wildman–Crippen LogP) is 2.95. The van der Waals surface area contributed by atoms with E-state index in [4.69, 9.17) is 11.5 Å². The standard InChI is InChI=1S/C14H16F3N5O.2ClH/c15-14(16,17)23-11-6-4-5-10(9-11)20-12(18)21-13(19)22-7-2-1-3-8-22;;/h1-2,4-6,9H,3,7-8H2,(H4,18,19,20,21);2*1H. The second kappa shape index (κ2) is 10.00. The minimum atomic E-state index is -4.77. The lowest BCUT2D eigenvalue weighted by molar-refractivity contribution is -0.274. The summed E-state index contributed by atoms with van der Waals surface area (Å²) >= 11 is 0. The Labute approximate surface area is 155 Å². The first kappa shape index (κ1) is 22.9. The molecular formula is C14H18Cl2F3N5O. The van der Waals surface area contributed by atoms with Gasteiger partial charge in [0.15, 0.2) is 5.96 Å². The van der Waals surface area contributed by atoms with Gasteiger partial charge in [-0.05, 0) is 18.6 Å². The Morgan fingerprint density at radius 1 is 1.16 bits per heavy atom. The molecule has 2 rings (SSSR count). The zero-order valence-electron chi connectivity index (χ0n) is 12.9. The second-order valence-electron chi connectivity index (χ2n) is 4.69. The molecule has 11 heteroatoms. The van der Waals surface area contributed by atoms with E-state index in [0.29, 0.717) is 13.1 Å². The number of hydrogen-bond acceptors (Lipinski definition) is 2. The van der Waals surface area contributed by atoms with Crippen molar-refractivity contribution in [2.75, 3.05) is 13.1 Å². The summed E-state index contributed by atoms with van der Waals surface area (Å²) in [5.41, 5.74) is 11.7. The quantitative estimate of drug-likeness (QED) is 0.454. The van der Waals surface area contributed by atoms with Crippen molar-refractivity contribution < 1.29 is 17.9 Å². The average Bonchev–Trinajstić information content (AvgIpc) is 2.46. The summed E-state index contributed by atoms with van der Waals surface area (Å²) in [7, 11) is 0. The van der Waals surface area contributed by atoms with Crippen molar-refractivity contribution in [2.24, 2.45) is 21.5 Å². The van der Waals surface area contributed by atoms with Gasteiger partial charge in [0.2, 0.25) is 5.96 Å². The van der Waals surface area contributed by atoms with Gasteiger partial charge in [-0.25, -0.2) is 4.99 Å². The molecule has 1 aromatic carbocycles. The number of ether oxygens (including phenoxy) is 1. The third kappa shape index (κ3) is 7.99. The van der Waals surface area contributed by atoms with Gasteiger partial charge in [0, 0.05) is 19.2 Å². The van der Waals surface area contributed by atoms with Crippen LogP contribution in [0.3, 0.4) is 0 Å². The fraction of sp³-hybridized carbons (Fsp3) is 0.286. The monoisotopic (exact) mass is 399 g/mol. The Bertz CT molecular complexity index is 650. The molecule has 0 amide bonds. The molecule has 6 nitrogen and oxygen atoms in total. The highest BCUT2D eigenvalue weighted by molar-refractivity contribution is 5.94. The molecule has 1 aromatic rings. The maximum Gasteiger partial charge on any atom is 0.573 e. The number of nitrogens with two attached hydrogens (primary N) is 2. The summed E-state index contributed by atoms with van der Waals surface area (Å²) in [6.07, 6.45) is 0.0763. The predicted molar refractivity (Wildman–Crippen MR) is 95.9 cm³/mol. The summed E-state index contributed by atoms with van der Waals surface area (Å²) in [6, 6.07) is 5.12. The number of rotatable bonds is 2. The van der Waals surface area contributed by atoms with E-state index in [0.717, 1.165) is 12.5 Å². The maximum atomic E-state index is 12.2. The molecule has 0 bridgehead atoms. The lowest BCUT2D eigenvalue weighted by Gasteiger charge is -2.23. The molecule has 1 aliphatic heterocycles. The van der Waals surface area contributed by atoms with Crippen LogP contribution < -0.4 is 16.2 Å². The van der Waals surface area contributed by atoms with Crippen LogP contribution in [0.1, 0.15) is 6.42 Å². The molecule has 0 saturated heterocycles. The van der Waals surface area contributed by atoms with Crippen LogP contribution >= 0.6 is 24.8 Å². The number of alkyl halides is 3. The Balaban J connectivity index is 0.00000288. The molecule has 0 aliphatic carbocycles. The molecule has 1 aliphatic rings. The number of aliphatic imine (C=N–C) groups is 2. The van der Waals surface area contributed by atoms with Gasteiger partial charge < -0.3 is 21.1 Å². The molecule has 0 aromatic heterocycles. The Morgan fingerprint density at radius 3 is 2.48 bits per heavy atom. The van der Waals surface area contributed by atoms with Crippen LogP contribution in [0.4, 0.5) is 18.9 Å². The summed E-state index contributed by atoms with van der Waals surface area (Å²) in [5.74, 6) is -0.329. The van der Waals surface area contributed by atoms with E-state index in [1.54, 1.807) is 0 Å². The second-order valence-corrected chi connectivity index (χ2v) is 4.69. The van der Waals surface area contributed by atoms with E-state index in [9.17, 15) is 13.2 Å². The van der Waals surface area contributed by atoms with E-state index in [-0.39, 0.29) is 48.2 Å². The topological polar surface area (TPSA) is 89.2 Å². The summed E-state index contributed by atoms with van der Waals surface area (Å²) in [6.45, 7) is 1.34. The SMILES string of the molecule is Cl.Cl.NC(=Nc1cccc(OC(F)(F)F)c1)/N=C(/N)N1CC=CCC1. The molecule has 140 valence electrons. The van der Waals surface area contributed by atoms with Crippen LogP contribution in [0.2, 0.25) is 0 Å². The van der Waals surface area contributed by atoms with Crippen molar-refractivity contribution >= 4 is 42.4 Å². The fourth-order valence-electron chi connectivity index (χ4n) is 1.94. The first-order chi connectivity index (χ1) is 10.8. The van der Waals surface area contributed by atoms with Gasteiger partial charge in [-0.3, -0.25) is 0 Å². The van der Waals surface area contributed by atoms with Crippen molar-refractivity contribution in [3.8, 4) is 5.75 Å². The molecule has 0 radical (unpaired) electrons. The minimum Gasteiger partial charge on any atom is -0.406 e. The van der Waals surface area contributed by atoms with Gasteiger partial charge in [0.05, 0.1) is 5.69 Å². The van der Waals surface area contributed by atoms with Crippen LogP contribution in [0, 0.1) is 0 Å². The van der Waals surface area contributed by atoms with E-state index in [1.165, 1.54) is 18.2 Å². The zero-order valence-corrected chi connectivity index (χ0v) is 14.6. The van der Waals surface area contributed by atoms with E-state index in [1.807, 2.05) is 17.1 Å². The van der Waals surface area contributed by atoms with Gasteiger partial charge in [-0.1, -0.05) is 18.2 Å². The molecule has 0 fully saturated rings. The molecular weight excluding hydrogens is 382 g/mol. The van der Waals surface area contributed by atoms with Crippen molar-refractivity contribution in [3.05, 3.63) is 36.4 Å². The van der Waals surface area contributed by atoms with Crippen LogP contribution in [-0.2, 0) is 0 Å². The van der Waals surface area contributed by atoms with E-state index in [2.05, 4.69) is 14.7 Å². The molecule has 0 spiro atoms. The fourth-order valence-corrected chi connectivity index (χ4v) is 1.94. The van der Waals surface area contributed by atoms with Crippen LogP contribution in [0.25, 0.3) is 0 Å². The van der Waals surface area contributed by atoms with Gasteiger partial charge >= 0.3 is 6.36 Å². The van der Waals surface area contributed by atoms with Gasteiger partial charge in [-0.2, -0.15) is 4.99 Å². The number of hydrogen-bond donors (Lipinski definition) is 2. The molecule has 0 unspecified atom stereocenters. The molecule has 0 atom stereocenters. The summed E-state index contributed by atoms with van der Waals surface area (Å²) in [4.78, 5) is 9.68. The molecule has 25 heavy (non-hydrogen) atoms.